The number of nitrogen functional groups attached to an aromatic ring is 1. The molecule has 0 bridgehead atoms. The van der Waals surface area contributed by atoms with Crippen LogP contribution in [0.15, 0.2) is 16.7 Å². The molecule has 1 fully saturated rings. The van der Waals surface area contributed by atoms with Crippen molar-refractivity contribution in [3.63, 3.8) is 0 Å². The normalized spacial score (nSPS) is 16.8. The molecule has 4 N–H and O–H groups in total. The van der Waals surface area contributed by atoms with Crippen molar-refractivity contribution < 1.29 is 4.79 Å². The van der Waals surface area contributed by atoms with Gasteiger partial charge in [-0.3, -0.25) is 4.79 Å². The molecule has 5 nitrogen and oxygen atoms in total. The molecule has 1 aliphatic carbocycles. The monoisotopic (exact) mass is 312 g/mol. The van der Waals surface area contributed by atoms with Crippen LogP contribution in [0.2, 0.25) is 0 Å². The minimum absolute atomic E-state index is 0.142. The smallest absolute Gasteiger partial charge is 0.255 e. The first-order valence-corrected chi connectivity index (χ1v) is 6.84. The fraction of sp³-hybridized carbons (Fsp3) is 0.500. The van der Waals surface area contributed by atoms with Gasteiger partial charge in [-0.15, -0.1) is 0 Å². The molecule has 18 heavy (non-hydrogen) atoms. The van der Waals surface area contributed by atoms with Gasteiger partial charge in [0.15, 0.2) is 5.82 Å². The second-order valence-electron chi connectivity index (χ2n) is 4.65. The number of aromatic nitrogens is 1. The molecule has 1 aromatic rings. The first-order valence-electron chi connectivity index (χ1n) is 6.05. The number of halogens is 1. The molecule has 98 valence electrons. The Morgan fingerprint density at radius 3 is 2.89 bits per heavy atom. The van der Waals surface area contributed by atoms with Gasteiger partial charge in [-0.2, -0.15) is 0 Å². The van der Waals surface area contributed by atoms with E-state index >= 15 is 0 Å². The second-order valence-corrected chi connectivity index (χ2v) is 5.56. The van der Waals surface area contributed by atoms with Crippen molar-refractivity contribution in [2.24, 2.45) is 11.8 Å². The van der Waals surface area contributed by atoms with Gasteiger partial charge in [0.25, 0.3) is 5.91 Å². The summed E-state index contributed by atoms with van der Waals surface area (Å²) < 4.78 is 0.753. The Morgan fingerprint density at radius 1 is 1.61 bits per heavy atom. The molecule has 6 heteroatoms. The molecule has 1 aromatic heterocycles. The van der Waals surface area contributed by atoms with Crippen LogP contribution in [0.3, 0.4) is 0 Å². The van der Waals surface area contributed by atoms with Crippen molar-refractivity contribution in [1.82, 2.24) is 10.3 Å². The third-order valence-electron chi connectivity index (χ3n) is 3.45. The van der Waals surface area contributed by atoms with Gasteiger partial charge in [0.2, 0.25) is 0 Å². The number of hydrazine groups is 1. The topological polar surface area (TPSA) is 80.0 Å². The van der Waals surface area contributed by atoms with E-state index < -0.39 is 0 Å². The number of pyridine rings is 1. The molecular formula is C12H17BrN4O. The number of hydrogen-bond acceptors (Lipinski definition) is 4. The van der Waals surface area contributed by atoms with Crippen LogP contribution in [0.5, 0.6) is 0 Å². The van der Waals surface area contributed by atoms with Crippen LogP contribution < -0.4 is 16.6 Å². The van der Waals surface area contributed by atoms with E-state index in [1.54, 1.807) is 12.3 Å². The highest BCUT2D eigenvalue weighted by molar-refractivity contribution is 9.10. The average molecular weight is 313 g/mol. The van der Waals surface area contributed by atoms with E-state index in [2.05, 4.69) is 31.7 Å². The number of nitrogens with two attached hydrogens (primary N) is 1. The predicted molar refractivity (Wildman–Crippen MR) is 74.0 cm³/mol. The van der Waals surface area contributed by atoms with Crippen LogP contribution in [-0.2, 0) is 0 Å². The molecule has 0 saturated heterocycles. The fourth-order valence-corrected chi connectivity index (χ4v) is 2.40. The van der Waals surface area contributed by atoms with Gasteiger partial charge in [-0.05, 0) is 47.7 Å². The van der Waals surface area contributed by atoms with Crippen LogP contribution in [-0.4, -0.2) is 16.9 Å². The average Bonchev–Trinajstić information content (AvgIpc) is 2.26. The fourth-order valence-electron chi connectivity index (χ4n) is 2.07. The second kappa shape index (κ2) is 5.67. The van der Waals surface area contributed by atoms with E-state index in [0.717, 1.165) is 4.47 Å². The summed E-state index contributed by atoms with van der Waals surface area (Å²) in [4.78, 5) is 16.2. The molecule has 1 unspecified atom stereocenters. The van der Waals surface area contributed by atoms with Gasteiger partial charge >= 0.3 is 0 Å². The van der Waals surface area contributed by atoms with Crippen molar-refractivity contribution >= 4 is 27.7 Å². The van der Waals surface area contributed by atoms with Crippen molar-refractivity contribution in [2.75, 3.05) is 5.43 Å². The lowest BCUT2D eigenvalue weighted by Crippen LogP contribution is -2.41. The van der Waals surface area contributed by atoms with E-state index in [0.29, 0.717) is 17.3 Å². The summed E-state index contributed by atoms with van der Waals surface area (Å²) in [7, 11) is 0. The maximum absolute atomic E-state index is 12.2. The molecule has 1 amide bonds. The highest BCUT2D eigenvalue weighted by atomic mass is 79.9. The molecule has 1 aliphatic rings. The summed E-state index contributed by atoms with van der Waals surface area (Å²) in [6.45, 7) is 2.04. The Hall–Kier alpha value is -1.14. The van der Waals surface area contributed by atoms with Crippen molar-refractivity contribution in [2.45, 2.75) is 32.2 Å². The first-order chi connectivity index (χ1) is 8.61. The van der Waals surface area contributed by atoms with Crippen molar-refractivity contribution in [3.8, 4) is 0 Å². The van der Waals surface area contributed by atoms with Gasteiger partial charge < -0.3 is 10.7 Å². The number of hydrogen-bond donors (Lipinski definition) is 3. The van der Waals surface area contributed by atoms with Gasteiger partial charge in [-0.25, -0.2) is 10.8 Å². The zero-order chi connectivity index (χ0) is 13.1. The van der Waals surface area contributed by atoms with E-state index in [1.807, 2.05) is 6.92 Å². The molecule has 1 heterocycles. The molecule has 1 atom stereocenters. The predicted octanol–water partition coefficient (Wildman–Crippen LogP) is 2.05. The Morgan fingerprint density at radius 2 is 2.33 bits per heavy atom. The maximum Gasteiger partial charge on any atom is 0.255 e. The van der Waals surface area contributed by atoms with Gasteiger partial charge in [0, 0.05) is 16.7 Å². The maximum atomic E-state index is 12.2. The third kappa shape index (κ3) is 2.81. The highest BCUT2D eigenvalue weighted by Crippen LogP contribution is 2.29. The largest absolute Gasteiger partial charge is 0.349 e. The van der Waals surface area contributed by atoms with Crippen molar-refractivity contribution in [1.29, 1.82) is 0 Å². The van der Waals surface area contributed by atoms with Crippen LogP contribution in [0.4, 0.5) is 5.82 Å². The number of nitrogens with zero attached hydrogens (tertiary/aromatic N) is 1. The zero-order valence-electron chi connectivity index (χ0n) is 10.2. The summed E-state index contributed by atoms with van der Waals surface area (Å²) in [5, 5.41) is 3.00. The van der Waals surface area contributed by atoms with Gasteiger partial charge in [0.1, 0.15) is 0 Å². The molecule has 0 aromatic carbocycles. The Kier molecular flexibility index (Phi) is 4.19. The lowest BCUT2D eigenvalue weighted by Gasteiger charge is -2.32. The van der Waals surface area contributed by atoms with Gasteiger partial charge in [0.05, 0.1) is 5.56 Å². The number of nitrogens with one attached hydrogen (secondary N) is 2. The Balaban J connectivity index is 2.09. The number of carbonyl (C=O) groups excluding carboxylic acids is 1. The van der Waals surface area contributed by atoms with Crippen LogP contribution in [0.1, 0.15) is 36.5 Å². The lowest BCUT2D eigenvalue weighted by molar-refractivity contribution is 0.0909. The lowest BCUT2D eigenvalue weighted by atomic mass is 9.80. The number of carbonyl (C=O) groups is 1. The number of amides is 1. The summed E-state index contributed by atoms with van der Waals surface area (Å²) in [6, 6.07) is 1.90. The minimum atomic E-state index is -0.142. The molecule has 0 aliphatic heterocycles. The summed E-state index contributed by atoms with van der Waals surface area (Å²) in [6.07, 6.45) is 5.25. The van der Waals surface area contributed by atoms with Crippen LogP contribution >= 0.6 is 15.9 Å². The Labute approximate surface area is 115 Å². The van der Waals surface area contributed by atoms with E-state index in [1.165, 1.54) is 19.3 Å². The molecular weight excluding hydrogens is 296 g/mol. The molecule has 1 saturated carbocycles. The zero-order valence-corrected chi connectivity index (χ0v) is 11.8. The Bertz CT molecular complexity index is 448. The molecule has 2 rings (SSSR count). The standard InChI is InChI=1S/C12H17BrN4O/c1-7(8-3-2-4-8)16-12(18)10-5-9(13)6-15-11(10)17-14/h5-8H,2-4,14H2,1H3,(H,15,17)(H,16,18). The van der Waals surface area contributed by atoms with Crippen LogP contribution in [0, 0.1) is 5.92 Å². The summed E-state index contributed by atoms with van der Waals surface area (Å²) in [5.41, 5.74) is 2.90. The molecule has 0 spiro atoms. The summed E-state index contributed by atoms with van der Waals surface area (Å²) >= 11 is 3.30. The molecule has 0 radical (unpaired) electrons. The van der Waals surface area contributed by atoms with Crippen LogP contribution in [0.25, 0.3) is 0 Å². The van der Waals surface area contributed by atoms with Gasteiger partial charge in [-0.1, -0.05) is 6.42 Å². The van der Waals surface area contributed by atoms with Crippen molar-refractivity contribution in [3.05, 3.63) is 22.3 Å². The summed E-state index contributed by atoms with van der Waals surface area (Å²) in [5.74, 6) is 6.20. The first kappa shape index (κ1) is 13.3. The third-order valence-corrected chi connectivity index (χ3v) is 3.89. The quantitative estimate of drug-likeness (QED) is 0.587. The van der Waals surface area contributed by atoms with E-state index in [9.17, 15) is 4.79 Å². The number of anilines is 1. The number of rotatable bonds is 4. The minimum Gasteiger partial charge on any atom is -0.349 e. The van der Waals surface area contributed by atoms with E-state index in [4.69, 9.17) is 5.84 Å². The SMILES string of the molecule is CC(NC(=O)c1cc(Br)cnc1NN)C1CCC1. The van der Waals surface area contributed by atoms with E-state index in [-0.39, 0.29) is 11.9 Å². The highest BCUT2D eigenvalue weighted by Gasteiger charge is 2.26.